The molecule has 0 spiro atoms. The number of hydrogen-bond acceptors (Lipinski definition) is 4. The Morgan fingerprint density at radius 1 is 1.04 bits per heavy atom. The first-order valence-corrected chi connectivity index (χ1v) is 7.31. The number of ether oxygens (including phenoxy) is 3. The molecule has 0 saturated carbocycles. The van der Waals surface area contributed by atoms with E-state index < -0.39 is 0 Å². The molecular weight excluding hydrogens is 292 g/mol. The van der Waals surface area contributed by atoms with Crippen LogP contribution in [0.25, 0.3) is 6.08 Å². The Balaban J connectivity index is 2.07. The van der Waals surface area contributed by atoms with Gasteiger partial charge in [-0.25, -0.2) is 0 Å². The lowest BCUT2D eigenvalue weighted by atomic mass is 10.1. The van der Waals surface area contributed by atoms with Gasteiger partial charge in [-0.3, -0.25) is 4.79 Å². The molecule has 2 aromatic carbocycles. The van der Waals surface area contributed by atoms with Gasteiger partial charge >= 0.3 is 5.97 Å². The summed E-state index contributed by atoms with van der Waals surface area (Å²) >= 11 is 0. The summed E-state index contributed by atoms with van der Waals surface area (Å²) in [6, 6.07) is 15.6. The van der Waals surface area contributed by atoms with Crippen molar-refractivity contribution in [3.05, 3.63) is 65.7 Å². The third-order valence-electron chi connectivity index (χ3n) is 3.25. The van der Waals surface area contributed by atoms with Crippen molar-refractivity contribution in [1.82, 2.24) is 0 Å². The van der Waals surface area contributed by atoms with E-state index in [0.717, 1.165) is 11.1 Å². The molecule has 0 bridgehead atoms. The van der Waals surface area contributed by atoms with Crippen molar-refractivity contribution in [1.29, 1.82) is 0 Å². The van der Waals surface area contributed by atoms with E-state index in [0.29, 0.717) is 18.1 Å². The van der Waals surface area contributed by atoms with Gasteiger partial charge in [-0.2, -0.15) is 0 Å². The molecule has 120 valence electrons. The lowest BCUT2D eigenvalue weighted by Crippen LogP contribution is -1.98. The minimum Gasteiger partial charge on any atom is -0.493 e. The van der Waals surface area contributed by atoms with Crippen molar-refractivity contribution in [2.24, 2.45) is 0 Å². The molecule has 0 amide bonds. The predicted molar refractivity (Wildman–Crippen MR) is 89.4 cm³/mol. The van der Waals surface area contributed by atoms with Crippen LogP contribution in [0.3, 0.4) is 0 Å². The lowest BCUT2D eigenvalue weighted by molar-refractivity contribution is -0.139. The van der Waals surface area contributed by atoms with Crippen LogP contribution >= 0.6 is 0 Å². The van der Waals surface area contributed by atoms with Gasteiger partial charge in [-0.1, -0.05) is 48.6 Å². The van der Waals surface area contributed by atoms with Gasteiger partial charge < -0.3 is 14.2 Å². The maximum absolute atomic E-state index is 11.1. The average molecular weight is 312 g/mol. The highest BCUT2D eigenvalue weighted by molar-refractivity contribution is 5.72. The van der Waals surface area contributed by atoms with Crippen LogP contribution in [-0.4, -0.2) is 20.2 Å². The maximum Gasteiger partial charge on any atom is 0.309 e. The van der Waals surface area contributed by atoms with Gasteiger partial charge in [0.2, 0.25) is 0 Å². The summed E-state index contributed by atoms with van der Waals surface area (Å²) in [7, 11) is 2.98. The largest absolute Gasteiger partial charge is 0.493 e. The Hall–Kier alpha value is -2.75. The van der Waals surface area contributed by atoms with Crippen LogP contribution < -0.4 is 9.47 Å². The van der Waals surface area contributed by atoms with Crippen molar-refractivity contribution in [3.8, 4) is 11.5 Å². The highest BCUT2D eigenvalue weighted by Gasteiger charge is 2.05. The van der Waals surface area contributed by atoms with Crippen LogP contribution in [-0.2, 0) is 16.1 Å². The third kappa shape index (κ3) is 5.18. The zero-order chi connectivity index (χ0) is 16.5. The highest BCUT2D eigenvalue weighted by atomic mass is 16.5. The van der Waals surface area contributed by atoms with Crippen molar-refractivity contribution in [2.75, 3.05) is 14.2 Å². The normalized spacial score (nSPS) is 10.5. The quantitative estimate of drug-likeness (QED) is 0.728. The first-order chi connectivity index (χ1) is 11.2. The summed E-state index contributed by atoms with van der Waals surface area (Å²) in [4.78, 5) is 11.1. The SMILES string of the molecule is COC(=O)C/C=C/c1ccc(OC)c(OCc2ccccc2)c1. The standard InChI is InChI=1S/C19H20O4/c1-21-17-12-11-15(9-6-10-19(20)22-2)13-18(17)23-14-16-7-4-3-5-8-16/h3-9,11-13H,10,14H2,1-2H3/b9-6+. The van der Waals surface area contributed by atoms with Crippen LogP contribution in [0.4, 0.5) is 0 Å². The van der Waals surface area contributed by atoms with Crippen LogP contribution in [0.1, 0.15) is 17.5 Å². The van der Waals surface area contributed by atoms with Gasteiger partial charge in [-0.05, 0) is 23.3 Å². The molecule has 0 radical (unpaired) electrons. The third-order valence-corrected chi connectivity index (χ3v) is 3.25. The maximum atomic E-state index is 11.1. The number of carbonyl (C=O) groups excluding carboxylic acids is 1. The van der Waals surface area contributed by atoms with E-state index in [1.54, 1.807) is 13.2 Å². The second-order valence-corrected chi connectivity index (χ2v) is 4.87. The Kier molecular flexibility index (Phi) is 6.24. The molecule has 2 aromatic rings. The van der Waals surface area contributed by atoms with Crippen molar-refractivity contribution < 1.29 is 19.0 Å². The number of carbonyl (C=O) groups is 1. The molecule has 0 unspecified atom stereocenters. The van der Waals surface area contributed by atoms with Crippen molar-refractivity contribution >= 4 is 12.0 Å². The smallest absolute Gasteiger partial charge is 0.309 e. The molecule has 0 aliphatic rings. The Morgan fingerprint density at radius 3 is 2.52 bits per heavy atom. The average Bonchev–Trinajstić information content (AvgIpc) is 2.60. The molecule has 0 heterocycles. The fourth-order valence-electron chi connectivity index (χ4n) is 2.02. The second-order valence-electron chi connectivity index (χ2n) is 4.87. The van der Waals surface area contributed by atoms with Crippen molar-refractivity contribution in [3.63, 3.8) is 0 Å². The molecule has 0 atom stereocenters. The molecule has 0 fully saturated rings. The first kappa shape index (κ1) is 16.6. The van der Waals surface area contributed by atoms with Crippen LogP contribution in [0, 0.1) is 0 Å². The van der Waals surface area contributed by atoms with E-state index in [9.17, 15) is 4.79 Å². The minimum atomic E-state index is -0.268. The van der Waals surface area contributed by atoms with Crippen LogP contribution in [0.15, 0.2) is 54.6 Å². The highest BCUT2D eigenvalue weighted by Crippen LogP contribution is 2.29. The molecule has 4 nitrogen and oxygen atoms in total. The van der Waals surface area contributed by atoms with Gasteiger partial charge in [0.15, 0.2) is 11.5 Å². The molecule has 0 aliphatic heterocycles. The predicted octanol–water partition coefficient (Wildman–Crippen LogP) is 3.85. The summed E-state index contributed by atoms with van der Waals surface area (Å²) in [6.07, 6.45) is 3.85. The molecule has 0 N–H and O–H groups in total. The zero-order valence-corrected chi connectivity index (χ0v) is 13.3. The van der Waals surface area contributed by atoms with Crippen LogP contribution in [0.2, 0.25) is 0 Å². The molecule has 23 heavy (non-hydrogen) atoms. The molecule has 0 aromatic heterocycles. The fraction of sp³-hybridized carbons (Fsp3) is 0.211. The van der Waals surface area contributed by atoms with Crippen molar-refractivity contribution in [2.45, 2.75) is 13.0 Å². The summed E-state index contributed by atoms with van der Waals surface area (Å²) in [5.41, 5.74) is 2.01. The number of hydrogen-bond donors (Lipinski definition) is 0. The monoisotopic (exact) mass is 312 g/mol. The zero-order valence-electron chi connectivity index (χ0n) is 13.3. The lowest BCUT2D eigenvalue weighted by Gasteiger charge is -2.11. The number of esters is 1. The number of methoxy groups -OCH3 is 2. The van der Waals surface area contributed by atoms with E-state index in [1.807, 2.05) is 54.6 Å². The fourth-order valence-corrected chi connectivity index (χ4v) is 2.02. The Bertz CT molecular complexity index is 662. The summed E-state index contributed by atoms with van der Waals surface area (Å²) in [5, 5.41) is 0. The molecule has 2 rings (SSSR count). The Labute approximate surface area is 136 Å². The number of benzene rings is 2. The first-order valence-electron chi connectivity index (χ1n) is 7.31. The van der Waals surface area contributed by atoms with Gasteiger partial charge in [0.1, 0.15) is 6.61 Å². The number of rotatable bonds is 7. The van der Waals surface area contributed by atoms with E-state index in [4.69, 9.17) is 9.47 Å². The van der Waals surface area contributed by atoms with E-state index in [2.05, 4.69) is 4.74 Å². The molecule has 0 saturated heterocycles. The summed E-state index contributed by atoms with van der Waals surface area (Å²) in [5.74, 6) is 1.07. The van der Waals surface area contributed by atoms with E-state index in [-0.39, 0.29) is 12.4 Å². The Morgan fingerprint density at radius 2 is 1.83 bits per heavy atom. The van der Waals surface area contributed by atoms with Gasteiger partial charge in [-0.15, -0.1) is 0 Å². The minimum absolute atomic E-state index is 0.239. The molecule has 0 aliphatic carbocycles. The topological polar surface area (TPSA) is 44.8 Å². The molecule has 4 heteroatoms. The van der Waals surface area contributed by atoms with E-state index in [1.165, 1.54) is 7.11 Å². The van der Waals surface area contributed by atoms with Gasteiger partial charge in [0.25, 0.3) is 0 Å². The second kappa shape index (κ2) is 8.63. The van der Waals surface area contributed by atoms with Crippen LogP contribution in [0.5, 0.6) is 11.5 Å². The van der Waals surface area contributed by atoms with E-state index >= 15 is 0 Å². The van der Waals surface area contributed by atoms with Gasteiger partial charge in [0, 0.05) is 0 Å². The summed E-state index contributed by atoms with van der Waals surface area (Å²) < 4.78 is 15.8. The van der Waals surface area contributed by atoms with Gasteiger partial charge in [0.05, 0.1) is 20.6 Å². The molecular formula is C19H20O4. The summed E-state index contributed by atoms with van der Waals surface area (Å²) in [6.45, 7) is 0.465.